The van der Waals surface area contributed by atoms with Gasteiger partial charge in [-0.2, -0.15) is 0 Å². The first-order valence-electron chi connectivity index (χ1n) is 7.94. The molecule has 1 aromatic rings. The number of hydrogen-bond acceptors (Lipinski definition) is 4. The quantitative estimate of drug-likeness (QED) is 0.559. The Hall–Kier alpha value is -1.46. The number of benzene rings is 1. The van der Waals surface area contributed by atoms with Gasteiger partial charge >= 0.3 is 0 Å². The summed E-state index contributed by atoms with van der Waals surface area (Å²) in [6, 6.07) is 6.16. The predicted molar refractivity (Wildman–Crippen MR) is 88.8 cm³/mol. The van der Waals surface area contributed by atoms with Crippen LogP contribution in [0, 0.1) is 22.0 Å². The lowest BCUT2D eigenvalue weighted by Crippen LogP contribution is -2.33. The van der Waals surface area contributed by atoms with E-state index in [2.05, 4.69) is 32.6 Å². The van der Waals surface area contributed by atoms with Crippen molar-refractivity contribution in [1.82, 2.24) is 4.90 Å². The first-order valence-corrected chi connectivity index (χ1v) is 7.94. The molecule has 1 aromatic carbocycles. The molecule has 124 valence electrons. The van der Waals surface area contributed by atoms with Crippen LogP contribution in [0.2, 0.25) is 0 Å². The van der Waals surface area contributed by atoms with E-state index in [1.165, 1.54) is 12.1 Å². The van der Waals surface area contributed by atoms with Gasteiger partial charge in [-0.25, -0.2) is 0 Å². The summed E-state index contributed by atoms with van der Waals surface area (Å²) in [5.41, 5.74) is 0.789. The average molecular weight is 308 g/mol. The van der Waals surface area contributed by atoms with E-state index in [0.717, 1.165) is 25.2 Å². The number of nitrogens with zero attached hydrogens (tertiary/aromatic N) is 2. The minimum Gasteiger partial charge on any atom is -0.388 e. The fourth-order valence-corrected chi connectivity index (χ4v) is 2.58. The highest BCUT2D eigenvalue weighted by molar-refractivity contribution is 5.33. The maximum absolute atomic E-state index is 10.6. The second-order valence-corrected chi connectivity index (χ2v) is 6.70. The summed E-state index contributed by atoms with van der Waals surface area (Å²) in [5, 5.41) is 20.9. The van der Waals surface area contributed by atoms with Gasteiger partial charge in [-0.15, -0.1) is 0 Å². The molecule has 0 spiro atoms. The number of aliphatic hydroxyl groups is 1. The molecule has 0 radical (unpaired) electrons. The summed E-state index contributed by atoms with van der Waals surface area (Å²) in [6.45, 7) is 11.6. The van der Waals surface area contributed by atoms with Crippen molar-refractivity contribution in [3.63, 3.8) is 0 Å². The largest absolute Gasteiger partial charge is 0.388 e. The Morgan fingerprint density at radius 2 is 1.59 bits per heavy atom. The predicted octanol–water partition coefficient (Wildman–Crippen LogP) is 3.63. The lowest BCUT2D eigenvalue weighted by molar-refractivity contribution is -0.384. The molecule has 1 unspecified atom stereocenters. The first-order chi connectivity index (χ1) is 10.3. The number of nitro groups is 1. The molecule has 1 N–H and O–H groups in total. The zero-order chi connectivity index (χ0) is 16.7. The summed E-state index contributed by atoms with van der Waals surface area (Å²) in [7, 11) is 0. The van der Waals surface area contributed by atoms with Gasteiger partial charge in [0.1, 0.15) is 0 Å². The summed E-state index contributed by atoms with van der Waals surface area (Å²) >= 11 is 0. The third-order valence-electron chi connectivity index (χ3n) is 3.45. The van der Waals surface area contributed by atoms with Crippen LogP contribution in [0.1, 0.15) is 45.8 Å². The Kier molecular flexibility index (Phi) is 7.48. The van der Waals surface area contributed by atoms with E-state index in [4.69, 9.17) is 0 Å². The van der Waals surface area contributed by atoms with Gasteiger partial charge in [-0.3, -0.25) is 10.1 Å². The highest BCUT2D eigenvalue weighted by atomic mass is 16.6. The van der Waals surface area contributed by atoms with E-state index in [0.29, 0.717) is 18.3 Å². The molecule has 0 aliphatic heterocycles. The van der Waals surface area contributed by atoms with Crippen molar-refractivity contribution in [2.45, 2.75) is 40.2 Å². The second kappa shape index (κ2) is 8.86. The highest BCUT2D eigenvalue weighted by Crippen LogP contribution is 2.21. The topological polar surface area (TPSA) is 66.6 Å². The van der Waals surface area contributed by atoms with Crippen LogP contribution >= 0.6 is 0 Å². The summed E-state index contributed by atoms with van der Waals surface area (Å²) in [6.07, 6.45) is 0.0553. The molecular formula is C17H28N2O3. The van der Waals surface area contributed by atoms with E-state index in [1.54, 1.807) is 12.1 Å². The number of aliphatic hydroxyl groups excluding tert-OH is 1. The summed E-state index contributed by atoms with van der Waals surface area (Å²) in [5.74, 6) is 1.19. The van der Waals surface area contributed by atoms with Crippen LogP contribution in [0.25, 0.3) is 0 Å². The highest BCUT2D eigenvalue weighted by Gasteiger charge is 2.14. The Bertz CT molecular complexity index is 447. The molecule has 0 heterocycles. The van der Waals surface area contributed by atoms with E-state index < -0.39 is 11.0 Å². The summed E-state index contributed by atoms with van der Waals surface area (Å²) < 4.78 is 0. The molecule has 1 rings (SSSR count). The van der Waals surface area contributed by atoms with Crippen molar-refractivity contribution in [1.29, 1.82) is 0 Å². The number of nitro benzene ring substituents is 1. The van der Waals surface area contributed by atoms with Crippen LogP contribution in [0.15, 0.2) is 24.3 Å². The Morgan fingerprint density at radius 1 is 1.09 bits per heavy atom. The molecule has 0 fully saturated rings. The van der Waals surface area contributed by atoms with Crippen LogP contribution in [0.4, 0.5) is 5.69 Å². The zero-order valence-corrected chi connectivity index (χ0v) is 14.0. The van der Waals surface area contributed by atoms with Crippen molar-refractivity contribution >= 4 is 5.69 Å². The third-order valence-corrected chi connectivity index (χ3v) is 3.45. The van der Waals surface area contributed by atoms with E-state index in [-0.39, 0.29) is 5.69 Å². The zero-order valence-electron chi connectivity index (χ0n) is 14.0. The smallest absolute Gasteiger partial charge is 0.269 e. The average Bonchev–Trinajstić information content (AvgIpc) is 2.43. The molecule has 0 saturated heterocycles. The SMILES string of the molecule is CC(C)CN(CCC(O)c1ccc([N+](=O)[O-])cc1)CC(C)C. The molecule has 5 heteroatoms. The van der Waals surface area contributed by atoms with Crippen molar-refractivity contribution in [3.8, 4) is 0 Å². The van der Waals surface area contributed by atoms with Crippen LogP contribution in [-0.2, 0) is 0 Å². The fraction of sp³-hybridized carbons (Fsp3) is 0.647. The molecule has 0 aliphatic carbocycles. The lowest BCUT2D eigenvalue weighted by Gasteiger charge is -2.27. The number of hydrogen-bond donors (Lipinski definition) is 1. The number of rotatable bonds is 9. The second-order valence-electron chi connectivity index (χ2n) is 6.70. The summed E-state index contributed by atoms with van der Waals surface area (Å²) in [4.78, 5) is 12.6. The van der Waals surface area contributed by atoms with Gasteiger partial charge in [0, 0.05) is 31.8 Å². The van der Waals surface area contributed by atoms with Crippen LogP contribution in [0.3, 0.4) is 0 Å². The van der Waals surface area contributed by atoms with E-state index in [9.17, 15) is 15.2 Å². The third kappa shape index (κ3) is 6.54. The number of non-ortho nitro benzene ring substituents is 1. The fourth-order valence-electron chi connectivity index (χ4n) is 2.58. The van der Waals surface area contributed by atoms with Crippen LogP contribution in [-0.4, -0.2) is 34.6 Å². The van der Waals surface area contributed by atoms with E-state index >= 15 is 0 Å². The van der Waals surface area contributed by atoms with Crippen molar-refractivity contribution in [3.05, 3.63) is 39.9 Å². The van der Waals surface area contributed by atoms with E-state index in [1.807, 2.05) is 0 Å². The molecule has 0 aromatic heterocycles. The normalized spacial score (nSPS) is 13.1. The van der Waals surface area contributed by atoms with Gasteiger partial charge in [-0.05, 0) is 36.0 Å². The molecule has 0 aliphatic rings. The van der Waals surface area contributed by atoms with Gasteiger partial charge in [0.05, 0.1) is 11.0 Å². The Labute approximate surface area is 133 Å². The Balaban J connectivity index is 2.58. The maximum Gasteiger partial charge on any atom is 0.269 e. The van der Waals surface area contributed by atoms with Crippen LogP contribution < -0.4 is 0 Å². The molecular weight excluding hydrogens is 280 g/mol. The van der Waals surface area contributed by atoms with Crippen molar-refractivity contribution in [2.75, 3.05) is 19.6 Å². The standard InChI is InChI=1S/C17H28N2O3/c1-13(2)11-18(12-14(3)4)10-9-17(20)15-5-7-16(8-6-15)19(21)22/h5-8,13-14,17,20H,9-12H2,1-4H3. The molecule has 0 bridgehead atoms. The molecule has 1 atom stereocenters. The first kappa shape index (κ1) is 18.6. The Morgan fingerprint density at radius 3 is 2.00 bits per heavy atom. The minimum atomic E-state index is -0.581. The molecule has 0 amide bonds. The van der Waals surface area contributed by atoms with Crippen LogP contribution in [0.5, 0.6) is 0 Å². The monoisotopic (exact) mass is 308 g/mol. The van der Waals surface area contributed by atoms with Gasteiger partial charge in [0.25, 0.3) is 5.69 Å². The molecule has 22 heavy (non-hydrogen) atoms. The van der Waals surface area contributed by atoms with Crippen molar-refractivity contribution in [2.24, 2.45) is 11.8 Å². The van der Waals surface area contributed by atoms with Crippen molar-refractivity contribution < 1.29 is 10.0 Å². The van der Waals surface area contributed by atoms with Gasteiger partial charge < -0.3 is 10.0 Å². The molecule has 0 saturated carbocycles. The van der Waals surface area contributed by atoms with Gasteiger partial charge in [-0.1, -0.05) is 27.7 Å². The maximum atomic E-state index is 10.6. The van der Waals surface area contributed by atoms with Gasteiger partial charge in [0.2, 0.25) is 0 Å². The van der Waals surface area contributed by atoms with Gasteiger partial charge in [0.15, 0.2) is 0 Å². The lowest BCUT2D eigenvalue weighted by atomic mass is 10.0. The molecule has 5 nitrogen and oxygen atoms in total. The minimum absolute atomic E-state index is 0.0530.